The molecule has 0 aliphatic carbocycles. The number of ether oxygens (including phenoxy) is 1. The zero-order valence-corrected chi connectivity index (χ0v) is 9.25. The molecule has 1 rings (SSSR count). The molecule has 5 heteroatoms. The molecule has 0 spiro atoms. The first kappa shape index (κ1) is 12.9. The van der Waals surface area contributed by atoms with E-state index in [2.05, 4.69) is 0 Å². The van der Waals surface area contributed by atoms with Gasteiger partial charge >= 0.3 is 11.9 Å². The van der Waals surface area contributed by atoms with Crippen LogP contribution in [0.15, 0.2) is 30.3 Å². The number of benzene rings is 1. The van der Waals surface area contributed by atoms with Gasteiger partial charge in [-0.2, -0.15) is 0 Å². The molecule has 0 fully saturated rings. The molecule has 0 saturated carbocycles. The fourth-order valence-corrected chi connectivity index (χ4v) is 1.21. The van der Waals surface area contributed by atoms with E-state index < -0.39 is 18.0 Å². The highest BCUT2D eigenvalue weighted by Crippen LogP contribution is 2.07. The van der Waals surface area contributed by atoms with Gasteiger partial charge in [-0.3, -0.25) is 4.79 Å². The van der Waals surface area contributed by atoms with Gasteiger partial charge in [0.2, 0.25) is 6.10 Å². The average molecular weight is 236 g/mol. The third kappa shape index (κ3) is 4.06. The number of carbonyl (C=O) groups is 3. The molecule has 0 aliphatic rings. The van der Waals surface area contributed by atoms with E-state index in [9.17, 15) is 14.4 Å². The molecule has 0 aliphatic heterocycles. The van der Waals surface area contributed by atoms with Gasteiger partial charge in [-0.05, 0) is 19.1 Å². The summed E-state index contributed by atoms with van der Waals surface area (Å²) < 4.78 is 4.75. The van der Waals surface area contributed by atoms with Crippen LogP contribution in [0.1, 0.15) is 23.7 Å². The van der Waals surface area contributed by atoms with Crippen molar-refractivity contribution >= 4 is 17.7 Å². The van der Waals surface area contributed by atoms with Crippen molar-refractivity contribution in [2.45, 2.75) is 19.4 Å². The number of aliphatic carboxylic acids is 1. The standard InChI is InChI=1S/C12H12O5/c1-8(13)7-10(11(14)15)17-12(16)9-5-3-2-4-6-9/h2-6,10H,7H2,1H3,(H,14,15). The first-order valence-electron chi connectivity index (χ1n) is 4.99. The first-order chi connectivity index (χ1) is 8.00. The van der Waals surface area contributed by atoms with Gasteiger partial charge in [-0.1, -0.05) is 18.2 Å². The molecule has 0 amide bonds. The maximum absolute atomic E-state index is 11.5. The molecule has 0 saturated heterocycles. The molecular weight excluding hydrogens is 224 g/mol. The van der Waals surface area contributed by atoms with Crippen molar-refractivity contribution < 1.29 is 24.2 Å². The summed E-state index contributed by atoms with van der Waals surface area (Å²) in [5, 5.41) is 8.79. The number of carbonyl (C=O) groups excluding carboxylic acids is 2. The number of rotatable bonds is 5. The topological polar surface area (TPSA) is 80.7 Å². The predicted molar refractivity (Wildman–Crippen MR) is 58.6 cm³/mol. The number of ketones is 1. The molecule has 0 aromatic heterocycles. The van der Waals surface area contributed by atoms with Gasteiger partial charge in [0.25, 0.3) is 0 Å². The van der Waals surface area contributed by atoms with Gasteiger partial charge in [0.15, 0.2) is 0 Å². The van der Waals surface area contributed by atoms with Gasteiger partial charge in [-0.15, -0.1) is 0 Å². The Kier molecular flexibility index (Phi) is 4.39. The van der Waals surface area contributed by atoms with Crippen LogP contribution in [-0.4, -0.2) is 28.9 Å². The third-order valence-corrected chi connectivity index (χ3v) is 2.01. The summed E-state index contributed by atoms with van der Waals surface area (Å²) in [6.07, 6.45) is -1.76. The molecule has 17 heavy (non-hydrogen) atoms. The first-order valence-corrected chi connectivity index (χ1v) is 4.99. The summed E-state index contributed by atoms with van der Waals surface area (Å²) in [5.41, 5.74) is 0.252. The minimum absolute atomic E-state index is 0.252. The average Bonchev–Trinajstić information content (AvgIpc) is 2.28. The van der Waals surface area contributed by atoms with Crippen molar-refractivity contribution in [2.75, 3.05) is 0 Å². The predicted octanol–water partition coefficient (Wildman–Crippen LogP) is 1.28. The number of hydrogen-bond acceptors (Lipinski definition) is 4. The van der Waals surface area contributed by atoms with E-state index >= 15 is 0 Å². The van der Waals surface area contributed by atoms with Crippen LogP contribution >= 0.6 is 0 Å². The van der Waals surface area contributed by atoms with Crippen molar-refractivity contribution in [3.63, 3.8) is 0 Å². The van der Waals surface area contributed by atoms with Crippen LogP contribution in [0.4, 0.5) is 0 Å². The van der Waals surface area contributed by atoms with E-state index in [0.29, 0.717) is 0 Å². The number of carboxylic acid groups (broad SMARTS) is 1. The van der Waals surface area contributed by atoms with Crippen LogP contribution in [0.2, 0.25) is 0 Å². The van der Waals surface area contributed by atoms with E-state index in [1.54, 1.807) is 18.2 Å². The molecule has 0 radical (unpaired) electrons. The quantitative estimate of drug-likeness (QED) is 0.779. The van der Waals surface area contributed by atoms with Crippen LogP contribution in [0.25, 0.3) is 0 Å². The van der Waals surface area contributed by atoms with Gasteiger partial charge in [0.1, 0.15) is 5.78 Å². The highest BCUT2D eigenvalue weighted by atomic mass is 16.6. The molecule has 1 aromatic rings. The molecule has 5 nitrogen and oxygen atoms in total. The number of Topliss-reactive ketones (excluding diaryl/α,β-unsaturated/α-hetero) is 1. The van der Waals surface area contributed by atoms with Crippen molar-refractivity contribution in [1.82, 2.24) is 0 Å². The zero-order valence-electron chi connectivity index (χ0n) is 9.25. The summed E-state index contributed by atoms with van der Waals surface area (Å²) >= 11 is 0. The monoisotopic (exact) mass is 236 g/mol. The second kappa shape index (κ2) is 5.79. The van der Waals surface area contributed by atoms with E-state index in [4.69, 9.17) is 9.84 Å². The largest absolute Gasteiger partial charge is 0.478 e. The molecule has 0 heterocycles. The lowest BCUT2D eigenvalue weighted by Gasteiger charge is -2.11. The lowest BCUT2D eigenvalue weighted by Crippen LogP contribution is -2.29. The number of esters is 1. The fourth-order valence-electron chi connectivity index (χ4n) is 1.21. The molecular formula is C12H12O5. The maximum Gasteiger partial charge on any atom is 0.345 e. The molecule has 0 bridgehead atoms. The molecule has 1 unspecified atom stereocenters. The minimum Gasteiger partial charge on any atom is -0.478 e. The summed E-state index contributed by atoms with van der Waals surface area (Å²) in [5.74, 6) is -2.43. The van der Waals surface area contributed by atoms with Gasteiger partial charge in [0, 0.05) is 0 Å². The summed E-state index contributed by atoms with van der Waals surface area (Å²) in [6.45, 7) is 1.24. The SMILES string of the molecule is CC(=O)CC(OC(=O)c1ccccc1)C(=O)O. The van der Waals surface area contributed by atoms with Crippen LogP contribution in [0.5, 0.6) is 0 Å². The second-order valence-corrected chi connectivity index (χ2v) is 3.50. The van der Waals surface area contributed by atoms with Crippen LogP contribution in [-0.2, 0) is 14.3 Å². The summed E-state index contributed by atoms with van der Waals surface area (Å²) in [4.78, 5) is 33.1. The Morgan fingerprint density at radius 2 is 1.82 bits per heavy atom. The molecule has 1 aromatic carbocycles. The Balaban J connectivity index is 2.71. The van der Waals surface area contributed by atoms with Crippen LogP contribution in [0.3, 0.4) is 0 Å². The van der Waals surface area contributed by atoms with Gasteiger partial charge < -0.3 is 9.84 Å². The Bertz CT molecular complexity index is 424. The zero-order chi connectivity index (χ0) is 12.8. The number of carboxylic acids is 1. The van der Waals surface area contributed by atoms with E-state index in [1.807, 2.05) is 0 Å². The Hall–Kier alpha value is -2.17. The normalized spacial score (nSPS) is 11.6. The fraction of sp³-hybridized carbons (Fsp3) is 0.250. The highest BCUT2D eigenvalue weighted by Gasteiger charge is 2.24. The lowest BCUT2D eigenvalue weighted by atomic mass is 10.2. The van der Waals surface area contributed by atoms with Crippen molar-refractivity contribution in [3.8, 4) is 0 Å². The van der Waals surface area contributed by atoms with Crippen LogP contribution in [0, 0.1) is 0 Å². The molecule has 1 N–H and O–H groups in total. The van der Waals surface area contributed by atoms with Crippen LogP contribution < -0.4 is 0 Å². The van der Waals surface area contributed by atoms with Gasteiger partial charge in [0.05, 0.1) is 12.0 Å². The molecule has 1 atom stereocenters. The summed E-state index contributed by atoms with van der Waals surface area (Å²) in [7, 11) is 0. The third-order valence-electron chi connectivity index (χ3n) is 2.01. The van der Waals surface area contributed by atoms with E-state index in [-0.39, 0.29) is 17.8 Å². The highest BCUT2D eigenvalue weighted by molar-refractivity contribution is 5.92. The second-order valence-electron chi connectivity index (χ2n) is 3.50. The lowest BCUT2D eigenvalue weighted by molar-refractivity contribution is -0.149. The van der Waals surface area contributed by atoms with E-state index in [1.165, 1.54) is 19.1 Å². The Morgan fingerprint density at radius 1 is 1.24 bits per heavy atom. The smallest absolute Gasteiger partial charge is 0.345 e. The van der Waals surface area contributed by atoms with Crippen molar-refractivity contribution in [3.05, 3.63) is 35.9 Å². The Labute approximate surface area is 98.0 Å². The van der Waals surface area contributed by atoms with E-state index in [0.717, 1.165) is 0 Å². The minimum atomic E-state index is -1.43. The number of hydrogen-bond donors (Lipinski definition) is 1. The maximum atomic E-state index is 11.5. The Morgan fingerprint density at radius 3 is 2.29 bits per heavy atom. The molecule has 90 valence electrons. The van der Waals surface area contributed by atoms with Gasteiger partial charge in [-0.25, -0.2) is 9.59 Å². The summed E-state index contributed by atoms with van der Waals surface area (Å²) in [6, 6.07) is 8.01. The van der Waals surface area contributed by atoms with Crippen molar-refractivity contribution in [1.29, 1.82) is 0 Å². The van der Waals surface area contributed by atoms with Crippen molar-refractivity contribution in [2.24, 2.45) is 0 Å².